The molecule has 0 N–H and O–H groups in total. The van der Waals surface area contributed by atoms with Crippen molar-refractivity contribution in [1.29, 1.82) is 0 Å². The third-order valence-corrected chi connectivity index (χ3v) is 4.15. The monoisotopic (exact) mass is 380 g/mol. The van der Waals surface area contributed by atoms with E-state index in [1.807, 2.05) is 24.3 Å². The minimum absolute atomic E-state index is 0.116. The van der Waals surface area contributed by atoms with E-state index in [1.165, 1.54) is 7.11 Å². The van der Waals surface area contributed by atoms with Crippen molar-refractivity contribution in [2.75, 3.05) is 7.11 Å². The molecular weight excluding hydrogens is 367 g/mol. The van der Waals surface area contributed by atoms with Gasteiger partial charge in [-0.1, -0.05) is 17.3 Å². The van der Waals surface area contributed by atoms with Crippen LogP contribution in [-0.4, -0.2) is 37.0 Å². The van der Waals surface area contributed by atoms with Crippen LogP contribution >= 0.6 is 0 Å². The molecule has 2 aromatic heterocycles. The lowest BCUT2D eigenvalue weighted by Gasteiger charge is -2.09. The smallest absolute Gasteiger partial charge is 0.305 e. The molecule has 0 fully saturated rings. The molecule has 9 nitrogen and oxygen atoms in total. The highest BCUT2D eigenvalue weighted by Crippen LogP contribution is 2.29. The summed E-state index contributed by atoms with van der Waals surface area (Å²) in [5.41, 5.74) is 1.27. The Morgan fingerprint density at radius 3 is 2.86 bits per heavy atom. The van der Waals surface area contributed by atoms with Crippen molar-refractivity contribution in [3.8, 4) is 11.6 Å². The number of aromatic nitrogens is 5. The Hall–Kier alpha value is -3.95. The van der Waals surface area contributed by atoms with E-state index in [9.17, 15) is 14.5 Å². The third kappa shape index (κ3) is 3.11. The number of nitrogens with zero attached hydrogens (tertiary/aromatic N) is 6. The highest BCUT2D eigenvalue weighted by atomic mass is 19.1. The average Bonchev–Trinajstić information content (AvgIpc) is 3.13. The number of hydrogen-bond acceptors (Lipinski definition) is 7. The summed E-state index contributed by atoms with van der Waals surface area (Å²) >= 11 is 0. The van der Waals surface area contributed by atoms with Gasteiger partial charge in [0.1, 0.15) is 17.1 Å². The molecule has 0 aliphatic rings. The van der Waals surface area contributed by atoms with Crippen molar-refractivity contribution in [3.05, 3.63) is 76.0 Å². The molecule has 0 saturated heterocycles. The second kappa shape index (κ2) is 6.99. The Balaban J connectivity index is 1.73. The largest absolute Gasteiger partial charge is 0.496 e. The summed E-state index contributed by atoms with van der Waals surface area (Å²) in [5.74, 6) is 0.0863. The molecule has 0 unspecified atom stereocenters. The zero-order valence-electron chi connectivity index (χ0n) is 14.6. The number of nitro benzene ring substituents is 1. The van der Waals surface area contributed by atoms with Crippen LogP contribution in [0.3, 0.4) is 0 Å². The first kappa shape index (κ1) is 17.5. The second-order valence-electron chi connectivity index (χ2n) is 5.87. The maximum Gasteiger partial charge on any atom is 0.305 e. The standard InChI is InChI=1S/C18H13FN6O3/c1-28-16-10-12(19)15(25(26)27)8-11(16)9-17-20-7-6-18(21-17)24-14-5-3-2-4-13(14)22-23-24/h2-8,10H,9H2,1H3. The SMILES string of the molecule is COc1cc(F)c([N+](=O)[O-])cc1Cc1nccc(-n2nnc3ccccc32)n1. The van der Waals surface area contributed by atoms with Crippen molar-refractivity contribution in [2.45, 2.75) is 6.42 Å². The molecule has 4 aromatic rings. The van der Waals surface area contributed by atoms with Crippen molar-refractivity contribution < 1.29 is 14.1 Å². The fourth-order valence-electron chi connectivity index (χ4n) is 2.85. The molecule has 140 valence electrons. The van der Waals surface area contributed by atoms with Gasteiger partial charge in [-0.15, -0.1) is 5.10 Å². The van der Waals surface area contributed by atoms with Crippen LogP contribution < -0.4 is 4.74 Å². The first-order valence-corrected chi connectivity index (χ1v) is 8.20. The van der Waals surface area contributed by atoms with Crippen LogP contribution in [0.15, 0.2) is 48.7 Å². The Labute approximate surface area is 157 Å². The number of hydrogen-bond donors (Lipinski definition) is 0. The molecule has 10 heteroatoms. The number of nitro groups is 1. The number of para-hydroxylation sites is 1. The van der Waals surface area contributed by atoms with Gasteiger partial charge < -0.3 is 4.74 Å². The summed E-state index contributed by atoms with van der Waals surface area (Å²) in [5, 5.41) is 19.2. The lowest BCUT2D eigenvalue weighted by atomic mass is 10.1. The number of benzene rings is 2. The molecule has 4 rings (SSSR count). The van der Waals surface area contributed by atoms with E-state index in [0.717, 1.165) is 23.2 Å². The van der Waals surface area contributed by atoms with E-state index in [1.54, 1.807) is 16.9 Å². The van der Waals surface area contributed by atoms with Crippen LogP contribution in [0.1, 0.15) is 11.4 Å². The highest BCUT2D eigenvalue weighted by Gasteiger charge is 2.20. The molecule has 0 radical (unpaired) electrons. The van der Waals surface area contributed by atoms with Crippen LogP contribution in [0.2, 0.25) is 0 Å². The van der Waals surface area contributed by atoms with Gasteiger partial charge >= 0.3 is 5.69 Å². The predicted molar refractivity (Wildman–Crippen MR) is 96.9 cm³/mol. The average molecular weight is 380 g/mol. The minimum atomic E-state index is -0.964. The van der Waals surface area contributed by atoms with Gasteiger partial charge in [-0.3, -0.25) is 10.1 Å². The van der Waals surface area contributed by atoms with Gasteiger partial charge in [0.05, 0.1) is 17.5 Å². The summed E-state index contributed by atoms with van der Waals surface area (Å²) < 4.78 is 20.6. The Bertz CT molecular complexity index is 1190. The van der Waals surface area contributed by atoms with Crippen molar-refractivity contribution in [2.24, 2.45) is 0 Å². The third-order valence-electron chi connectivity index (χ3n) is 4.15. The number of fused-ring (bicyclic) bond motifs is 1. The molecule has 0 bridgehead atoms. The maximum absolute atomic E-state index is 13.8. The molecule has 2 aromatic carbocycles. The molecular formula is C18H13FN6O3. The zero-order chi connectivity index (χ0) is 19.7. The summed E-state index contributed by atoms with van der Waals surface area (Å²) in [7, 11) is 1.36. The van der Waals surface area contributed by atoms with E-state index in [2.05, 4.69) is 20.3 Å². The van der Waals surface area contributed by atoms with E-state index < -0.39 is 16.4 Å². The van der Waals surface area contributed by atoms with Crippen molar-refractivity contribution in [1.82, 2.24) is 25.0 Å². The van der Waals surface area contributed by atoms with Crippen LogP contribution in [-0.2, 0) is 6.42 Å². The van der Waals surface area contributed by atoms with Gasteiger partial charge in [-0.25, -0.2) is 9.97 Å². The summed E-state index contributed by atoms with van der Waals surface area (Å²) in [6, 6.07) is 11.2. The lowest BCUT2D eigenvalue weighted by Crippen LogP contribution is -2.06. The van der Waals surface area contributed by atoms with Crippen LogP contribution in [0, 0.1) is 15.9 Å². The van der Waals surface area contributed by atoms with Crippen LogP contribution in [0.5, 0.6) is 5.75 Å². The van der Waals surface area contributed by atoms with E-state index in [-0.39, 0.29) is 12.2 Å². The van der Waals surface area contributed by atoms with Crippen LogP contribution in [0.4, 0.5) is 10.1 Å². The van der Waals surface area contributed by atoms with Crippen molar-refractivity contribution in [3.63, 3.8) is 0 Å². The van der Waals surface area contributed by atoms with Gasteiger partial charge in [-0.05, 0) is 12.1 Å². The van der Waals surface area contributed by atoms with E-state index >= 15 is 0 Å². The minimum Gasteiger partial charge on any atom is -0.496 e. The second-order valence-corrected chi connectivity index (χ2v) is 5.87. The normalized spacial score (nSPS) is 10.9. The number of ether oxygens (including phenoxy) is 1. The van der Waals surface area contributed by atoms with Gasteiger partial charge in [0.2, 0.25) is 5.82 Å². The summed E-state index contributed by atoms with van der Waals surface area (Å²) in [6.07, 6.45) is 1.67. The molecule has 0 amide bonds. The molecule has 0 aliphatic heterocycles. The van der Waals surface area contributed by atoms with E-state index in [0.29, 0.717) is 17.2 Å². The van der Waals surface area contributed by atoms with Crippen LogP contribution in [0.25, 0.3) is 16.9 Å². The quantitative estimate of drug-likeness (QED) is 0.387. The molecule has 0 spiro atoms. The van der Waals surface area contributed by atoms with Gasteiger partial charge in [0.25, 0.3) is 0 Å². The first-order valence-electron chi connectivity index (χ1n) is 8.20. The van der Waals surface area contributed by atoms with Gasteiger partial charge in [-0.2, -0.15) is 9.07 Å². The molecule has 0 atom stereocenters. The fraction of sp³-hybridized carbons (Fsp3) is 0.111. The highest BCUT2D eigenvalue weighted by molar-refractivity contribution is 5.75. The first-order chi connectivity index (χ1) is 13.6. The summed E-state index contributed by atoms with van der Waals surface area (Å²) in [6.45, 7) is 0. The predicted octanol–water partition coefficient (Wildman–Crippen LogP) is 2.86. The number of rotatable bonds is 5. The lowest BCUT2D eigenvalue weighted by molar-refractivity contribution is -0.387. The fourth-order valence-corrected chi connectivity index (χ4v) is 2.85. The number of halogens is 1. The Morgan fingerprint density at radius 1 is 1.25 bits per heavy atom. The molecule has 0 saturated carbocycles. The van der Waals surface area contributed by atoms with Gasteiger partial charge in [0.15, 0.2) is 5.82 Å². The van der Waals surface area contributed by atoms with Crippen molar-refractivity contribution >= 4 is 16.7 Å². The number of methoxy groups -OCH3 is 1. The molecule has 28 heavy (non-hydrogen) atoms. The molecule has 0 aliphatic carbocycles. The zero-order valence-corrected chi connectivity index (χ0v) is 14.6. The summed E-state index contributed by atoms with van der Waals surface area (Å²) in [4.78, 5) is 18.9. The Morgan fingerprint density at radius 2 is 2.07 bits per heavy atom. The van der Waals surface area contributed by atoms with E-state index in [4.69, 9.17) is 4.74 Å². The Kier molecular flexibility index (Phi) is 4.36. The van der Waals surface area contributed by atoms with Gasteiger partial charge in [0, 0.05) is 36.4 Å². The topological polar surface area (TPSA) is 109 Å². The maximum atomic E-state index is 13.8. The molecule has 2 heterocycles.